The van der Waals surface area contributed by atoms with Gasteiger partial charge < -0.3 is 25.0 Å². The van der Waals surface area contributed by atoms with Gasteiger partial charge in [0.2, 0.25) is 5.91 Å². The van der Waals surface area contributed by atoms with Crippen LogP contribution in [0.25, 0.3) is 0 Å². The Morgan fingerprint density at radius 1 is 0.792 bits per heavy atom. The van der Waals surface area contributed by atoms with Crippen molar-refractivity contribution >= 4 is 5.91 Å². The van der Waals surface area contributed by atoms with Crippen molar-refractivity contribution in [2.45, 2.75) is 154 Å². The van der Waals surface area contributed by atoms with Gasteiger partial charge in [0.25, 0.3) is 0 Å². The summed E-state index contributed by atoms with van der Waals surface area (Å²) in [7, 11) is 0. The monoisotopic (exact) mass is 664 g/mol. The third kappa shape index (κ3) is 12.5. The number of hydrogen-bond donors (Lipinski definition) is 3. The van der Waals surface area contributed by atoms with Crippen LogP contribution >= 0.6 is 0 Å². The van der Waals surface area contributed by atoms with Gasteiger partial charge in [0, 0.05) is 37.0 Å². The minimum Gasteiger partial charge on any atom is -0.395 e. The fraction of sp³-hybridized carbons (Fsp3) is 0.683. The summed E-state index contributed by atoms with van der Waals surface area (Å²) in [4.78, 5) is 14.9. The van der Waals surface area contributed by atoms with Crippen LogP contribution < -0.4 is 5.32 Å². The Morgan fingerprint density at radius 2 is 1.38 bits per heavy atom. The molecule has 1 amide bonds. The van der Waals surface area contributed by atoms with Crippen molar-refractivity contribution in [1.29, 1.82) is 0 Å². The molecule has 2 heterocycles. The zero-order valence-corrected chi connectivity index (χ0v) is 29.9. The summed E-state index contributed by atoms with van der Waals surface area (Å²) in [5, 5.41) is 22.6. The molecule has 0 aromatic heterocycles. The summed E-state index contributed by atoms with van der Waals surface area (Å²) in [6.45, 7) is 6.87. The van der Waals surface area contributed by atoms with Gasteiger partial charge in [0.05, 0.1) is 25.4 Å². The molecule has 2 aromatic carbocycles. The van der Waals surface area contributed by atoms with Crippen LogP contribution in [0.1, 0.15) is 151 Å². The van der Waals surface area contributed by atoms with E-state index >= 15 is 0 Å². The molecule has 2 aliphatic rings. The van der Waals surface area contributed by atoms with Crippen molar-refractivity contribution < 1.29 is 24.5 Å². The lowest BCUT2D eigenvalue weighted by atomic mass is 9.90. The second-order valence-corrected chi connectivity index (χ2v) is 14.3. The lowest BCUT2D eigenvalue weighted by Crippen LogP contribution is -2.46. The van der Waals surface area contributed by atoms with E-state index in [4.69, 9.17) is 9.47 Å². The van der Waals surface area contributed by atoms with Crippen LogP contribution in [-0.4, -0.2) is 52.9 Å². The molecule has 5 atom stereocenters. The van der Waals surface area contributed by atoms with Crippen LogP contribution in [0, 0.1) is 5.92 Å². The fourth-order valence-corrected chi connectivity index (χ4v) is 7.29. The number of nitrogens with zero attached hydrogens (tertiary/aromatic N) is 1. The maximum atomic E-state index is 12.5. The van der Waals surface area contributed by atoms with E-state index in [0.29, 0.717) is 13.0 Å². The first-order valence-electron chi connectivity index (χ1n) is 19.2. The summed E-state index contributed by atoms with van der Waals surface area (Å²) < 4.78 is 13.3. The Morgan fingerprint density at radius 3 is 1.98 bits per heavy atom. The summed E-state index contributed by atoms with van der Waals surface area (Å²) in [5.74, 6) is 0.224. The number of aliphatic hydroxyl groups excluding tert-OH is 2. The molecular weight excluding hydrogens is 600 g/mol. The van der Waals surface area contributed by atoms with E-state index in [0.717, 1.165) is 61.0 Å². The molecule has 0 saturated carbocycles. The van der Waals surface area contributed by atoms with E-state index in [2.05, 4.69) is 24.1 Å². The van der Waals surface area contributed by atoms with Gasteiger partial charge in [0.15, 0.2) is 6.29 Å². The third-order valence-electron chi connectivity index (χ3n) is 10.5. The third-order valence-corrected chi connectivity index (χ3v) is 10.5. The molecule has 0 aliphatic carbocycles. The van der Waals surface area contributed by atoms with Crippen molar-refractivity contribution in [2.75, 3.05) is 19.7 Å². The highest BCUT2D eigenvalue weighted by atomic mass is 16.7. The number of amides is 1. The zero-order chi connectivity index (χ0) is 34.0. The Kier molecular flexibility index (Phi) is 17.4. The predicted octanol–water partition coefficient (Wildman–Crippen LogP) is 8.52. The molecule has 2 aromatic rings. The molecule has 0 bridgehead atoms. The second kappa shape index (κ2) is 21.7. The first-order chi connectivity index (χ1) is 23.5. The number of rotatable bonds is 22. The van der Waals surface area contributed by atoms with Crippen molar-refractivity contribution in [3.8, 4) is 0 Å². The molecular formula is C41H64N2O5. The Labute approximate surface area is 290 Å². The van der Waals surface area contributed by atoms with Gasteiger partial charge in [-0.1, -0.05) is 139 Å². The standard InChI is InChI=1S/C41H64N2O5/c1-3-4-5-6-7-8-9-10-11-12-13-14-15-18-39(46)42-28-33-19-25-36(26-20-33)41-47-38(29-43-27-16-17-37(43)31-45)32(2)40(48-41)35-23-21-34(30-44)22-24-35/h19-26,32,37-38,40-41,44-45H,3-18,27-31H2,1-2H3,(H,42,46)/t32-,37-,38+,40+,41?/m0/s1. The van der Waals surface area contributed by atoms with E-state index < -0.39 is 6.29 Å². The van der Waals surface area contributed by atoms with Crippen LogP contribution in [0.4, 0.5) is 0 Å². The number of unbranched alkanes of at least 4 members (excludes halogenated alkanes) is 12. The lowest BCUT2D eigenvalue weighted by Gasteiger charge is -2.43. The van der Waals surface area contributed by atoms with E-state index in [1.54, 1.807) is 0 Å². The molecule has 3 N–H and O–H groups in total. The highest BCUT2D eigenvalue weighted by molar-refractivity contribution is 5.75. The largest absolute Gasteiger partial charge is 0.395 e. The minimum absolute atomic E-state index is 0.0134. The highest BCUT2D eigenvalue weighted by Gasteiger charge is 2.40. The van der Waals surface area contributed by atoms with Gasteiger partial charge in [-0.15, -0.1) is 0 Å². The van der Waals surface area contributed by atoms with Gasteiger partial charge in [-0.25, -0.2) is 0 Å². The molecule has 0 spiro atoms. The number of hydrogen-bond acceptors (Lipinski definition) is 6. The second-order valence-electron chi connectivity index (χ2n) is 14.3. The smallest absolute Gasteiger partial charge is 0.220 e. The highest BCUT2D eigenvalue weighted by Crippen LogP contribution is 2.42. The summed E-state index contributed by atoms with van der Waals surface area (Å²) >= 11 is 0. The van der Waals surface area contributed by atoms with Gasteiger partial charge in [0.1, 0.15) is 0 Å². The molecule has 2 aliphatic heterocycles. The van der Waals surface area contributed by atoms with E-state index in [1.165, 1.54) is 70.6 Å². The van der Waals surface area contributed by atoms with Gasteiger partial charge >= 0.3 is 0 Å². The summed E-state index contributed by atoms with van der Waals surface area (Å²) in [5.41, 5.74) is 3.95. The average molecular weight is 665 g/mol. The van der Waals surface area contributed by atoms with Crippen LogP contribution in [0.3, 0.4) is 0 Å². The number of ether oxygens (including phenoxy) is 2. The number of benzene rings is 2. The van der Waals surface area contributed by atoms with E-state index in [1.807, 2.05) is 48.5 Å². The topological polar surface area (TPSA) is 91.3 Å². The van der Waals surface area contributed by atoms with Gasteiger partial charge in [-0.05, 0) is 42.5 Å². The minimum atomic E-state index is -0.525. The van der Waals surface area contributed by atoms with Gasteiger partial charge in [-0.2, -0.15) is 0 Å². The molecule has 2 fully saturated rings. The molecule has 0 radical (unpaired) electrons. The van der Waals surface area contributed by atoms with E-state index in [-0.39, 0.29) is 43.3 Å². The van der Waals surface area contributed by atoms with Crippen LogP contribution in [0.2, 0.25) is 0 Å². The maximum absolute atomic E-state index is 12.5. The number of nitrogens with one attached hydrogen (secondary N) is 1. The number of carbonyl (C=O) groups is 1. The molecule has 2 saturated heterocycles. The summed E-state index contributed by atoms with van der Waals surface area (Å²) in [6.07, 6.45) is 18.9. The number of carbonyl (C=O) groups excluding carboxylic acids is 1. The SMILES string of the molecule is CCCCCCCCCCCCCCCC(=O)NCc1ccc(C2O[C@H](CN3CCC[C@H]3CO)[C@H](C)[C@H](c3ccc(CO)cc3)O2)cc1. The molecule has 7 heteroatoms. The fourth-order valence-electron chi connectivity index (χ4n) is 7.29. The van der Waals surface area contributed by atoms with Crippen molar-refractivity contribution in [1.82, 2.24) is 10.2 Å². The lowest BCUT2D eigenvalue weighted by molar-refractivity contribution is -0.276. The molecule has 4 rings (SSSR count). The van der Waals surface area contributed by atoms with Crippen LogP contribution in [-0.2, 0) is 27.4 Å². The van der Waals surface area contributed by atoms with E-state index in [9.17, 15) is 15.0 Å². The Balaban J connectivity index is 1.20. The molecule has 48 heavy (non-hydrogen) atoms. The maximum Gasteiger partial charge on any atom is 0.220 e. The predicted molar refractivity (Wildman–Crippen MR) is 193 cm³/mol. The van der Waals surface area contributed by atoms with Crippen LogP contribution in [0.15, 0.2) is 48.5 Å². The molecule has 268 valence electrons. The van der Waals surface area contributed by atoms with Crippen molar-refractivity contribution in [3.63, 3.8) is 0 Å². The Hall–Kier alpha value is -2.29. The first-order valence-corrected chi connectivity index (χ1v) is 19.2. The molecule has 1 unspecified atom stereocenters. The van der Waals surface area contributed by atoms with Crippen molar-refractivity contribution in [3.05, 3.63) is 70.8 Å². The quantitative estimate of drug-likeness (QED) is 0.109. The number of aliphatic hydroxyl groups is 2. The average Bonchev–Trinajstić information content (AvgIpc) is 3.57. The van der Waals surface area contributed by atoms with Crippen molar-refractivity contribution in [2.24, 2.45) is 5.92 Å². The van der Waals surface area contributed by atoms with Gasteiger partial charge in [-0.3, -0.25) is 9.69 Å². The summed E-state index contributed by atoms with van der Waals surface area (Å²) in [6, 6.07) is 16.4. The Bertz CT molecular complexity index is 1160. The normalized spacial score (nSPS) is 23.0. The van der Waals surface area contributed by atoms with Crippen LogP contribution in [0.5, 0.6) is 0 Å². The first kappa shape index (κ1) is 38.5. The zero-order valence-electron chi connectivity index (χ0n) is 29.9. The number of likely N-dealkylation sites (tertiary alicyclic amines) is 1. The molecule has 7 nitrogen and oxygen atoms in total.